The monoisotopic (exact) mass is 604 g/mol. The maximum atomic E-state index is 11.5. The first-order valence-electron chi connectivity index (χ1n) is 11.5. The molecule has 5 rings (SSSR count). The molecule has 0 saturated carbocycles. The highest BCUT2D eigenvalue weighted by Crippen LogP contribution is 2.54. The zero-order valence-electron chi connectivity index (χ0n) is 20.0. The van der Waals surface area contributed by atoms with Gasteiger partial charge < -0.3 is 19.5 Å². The summed E-state index contributed by atoms with van der Waals surface area (Å²) in [4.78, 5) is 11.1. The molecule has 0 aromatic heterocycles. The quantitative estimate of drug-likeness (QED) is 0.166. The summed E-state index contributed by atoms with van der Waals surface area (Å²) in [5.41, 5.74) is 3.52. The third-order valence-corrected chi connectivity index (χ3v) is 8.15. The van der Waals surface area contributed by atoms with Crippen molar-refractivity contribution in [3.05, 3.63) is 95.9 Å². The van der Waals surface area contributed by atoms with E-state index in [1.165, 1.54) is 13.2 Å². The molecule has 0 unspecified atom stereocenters. The molecule has 7 nitrogen and oxygen atoms in total. The summed E-state index contributed by atoms with van der Waals surface area (Å²) in [7, 11) is 3.12. The van der Waals surface area contributed by atoms with Crippen molar-refractivity contribution in [2.75, 3.05) is 19.5 Å². The Morgan fingerprint density at radius 1 is 1.08 bits per heavy atom. The summed E-state index contributed by atoms with van der Waals surface area (Å²) < 4.78 is 18.1. The molecule has 1 heterocycles. The second kappa shape index (κ2) is 10.4. The van der Waals surface area contributed by atoms with Crippen molar-refractivity contribution in [2.45, 2.75) is 25.0 Å². The number of nitrogens with zero attached hydrogens (tertiary/aromatic N) is 1. The number of methoxy groups -OCH3 is 2. The largest absolute Gasteiger partial charge is 0.494 e. The molecule has 0 spiro atoms. The first-order chi connectivity index (χ1) is 17.8. The minimum absolute atomic E-state index is 0.0165. The van der Waals surface area contributed by atoms with Gasteiger partial charge in [0.25, 0.3) is 5.69 Å². The smallest absolute Gasteiger partial charge is 0.273 e. The summed E-state index contributed by atoms with van der Waals surface area (Å²) in [5, 5.41) is 16.1. The van der Waals surface area contributed by atoms with Crippen LogP contribution in [0.25, 0.3) is 0 Å². The zero-order chi connectivity index (χ0) is 26.3. The molecule has 3 atom stereocenters. The molecular formula is C27H23BrCl2N2O5. The van der Waals surface area contributed by atoms with E-state index < -0.39 is 0 Å². The van der Waals surface area contributed by atoms with Crippen LogP contribution in [0, 0.1) is 16.0 Å². The number of allylic oxidation sites excluding steroid dienone is 2. The summed E-state index contributed by atoms with van der Waals surface area (Å²) in [6, 6.07) is 12.4. The van der Waals surface area contributed by atoms with Gasteiger partial charge in [-0.05, 0) is 69.2 Å². The first-order valence-corrected chi connectivity index (χ1v) is 13.1. The molecule has 0 fully saturated rings. The molecule has 10 heteroatoms. The lowest BCUT2D eigenvalue weighted by atomic mass is 9.76. The number of halogens is 3. The SMILES string of the molecule is COc1cc([N+](=O)[O-])cc2c1N[C@H](c1cc(Br)c(OCc3ccc(Cl)c(Cl)c3)c(OC)c1)[C@@H]1CC=C[C@H]21. The van der Waals surface area contributed by atoms with E-state index in [0.29, 0.717) is 27.3 Å². The lowest BCUT2D eigenvalue weighted by Crippen LogP contribution is -2.29. The van der Waals surface area contributed by atoms with Crippen LogP contribution in [0.2, 0.25) is 10.0 Å². The topological polar surface area (TPSA) is 82.9 Å². The third kappa shape index (κ3) is 4.85. The van der Waals surface area contributed by atoms with Crippen molar-refractivity contribution in [2.24, 2.45) is 5.92 Å². The molecule has 1 aliphatic heterocycles. The number of anilines is 1. The molecule has 0 radical (unpaired) electrons. The normalized spacial score (nSPS) is 19.5. The van der Waals surface area contributed by atoms with E-state index in [0.717, 1.165) is 33.3 Å². The Kier molecular flexibility index (Phi) is 7.25. The highest BCUT2D eigenvalue weighted by atomic mass is 79.9. The minimum atomic E-state index is -0.388. The first kappa shape index (κ1) is 25.7. The van der Waals surface area contributed by atoms with Gasteiger partial charge in [-0.1, -0.05) is 41.4 Å². The van der Waals surface area contributed by atoms with Crippen LogP contribution in [0.3, 0.4) is 0 Å². The fraction of sp³-hybridized carbons (Fsp3) is 0.259. The number of hydrogen-bond donors (Lipinski definition) is 1. The molecule has 0 bridgehead atoms. The number of rotatable bonds is 7. The fourth-order valence-corrected chi connectivity index (χ4v) is 5.99. The van der Waals surface area contributed by atoms with E-state index in [-0.39, 0.29) is 35.1 Å². The predicted octanol–water partition coefficient (Wildman–Crippen LogP) is 8.09. The lowest BCUT2D eigenvalue weighted by Gasteiger charge is -2.38. The molecule has 3 aromatic rings. The van der Waals surface area contributed by atoms with Gasteiger partial charge in [0, 0.05) is 12.0 Å². The van der Waals surface area contributed by atoms with Gasteiger partial charge >= 0.3 is 0 Å². The molecule has 1 aliphatic carbocycles. The predicted molar refractivity (Wildman–Crippen MR) is 147 cm³/mol. The van der Waals surface area contributed by atoms with Gasteiger partial charge in [0.15, 0.2) is 11.5 Å². The van der Waals surface area contributed by atoms with Crippen LogP contribution in [-0.2, 0) is 6.61 Å². The summed E-state index contributed by atoms with van der Waals surface area (Å²) in [6.07, 6.45) is 5.09. The van der Waals surface area contributed by atoms with Crippen molar-refractivity contribution in [3.63, 3.8) is 0 Å². The van der Waals surface area contributed by atoms with Gasteiger partial charge in [0.2, 0.25) is 0 Å². The van der Waals surface area contributed by atoms with E-state index in [2.05, 4.69) is 33.4 Å². The van der Waals surface area contributed by atoms with E-state index >= 15 is 0 Å². The Labute approximate surface area is 232 Å². The number of ether oxygens (including phenoxy) is 3. The number of nitro benzene ring substituents is 1. The van der Waals surface area contributed by atoms with Gasteiger partial charge in [-0.2, -0.15) is 0 Å². The van der Waals surface area contributed by atoms with Gasteiger partial charge in [-0.25, -0.2) is 0 Å². The third-order valence-electron chi connectivity index (χ3n) is 6.83. The van der Waals surface area contributed by atoms with Crippen LogP contribution >= 0.6 is 39.1 Å². The van der Waals surface area contributed by atoms with E-state index in [4.69, 9.17) is 37.4 Å². The van der Waals surface area contributed by atoms with Crippen LogP contribution in [-0.4, -0.2) is 19.1 Å². The van der Waals surface area contributed by atoms with Gasteiger partial charge in [-0.3, -0.25) is 10.1 Å². The van der Waals surface area contributed by atoms with Crippen LogP contribution in [0.1, 0.15) is 35.1 Å². The number of non-ortho nitro benzene ring substituents is 1. The Bertz CT molecular complexity index is 1410. The van der Waals surface area contributed by atoms with Crippen LogP contribution in [0.5, 0.6) is 17.2 Å². The Morgan fingerprint density at radius 2 is 1.86 bits per heavy atom. The fourth-order valence-electron chi connectivity index (χ4n) is 5.09. The van der Waals surface area contributed by atoms with E-state index in [1.807, 2.05) is 18.2 Å². The molecular weight excluding hydrogens is 583 g/mol. The van der Waals surface area contributed by atoms with Crippen molar-refractivity contribution in [1.82, 2.24) is 0 Å². The Morgan fingerprint density at radius 3 is 2.57 bits per heavy atom. The molecule has 0 amide bonds. The summed E-state index contributed by atoms with van der Waals surface area (Å²) in [6.45, 7) is 0.283. The molecule has 2 aliphatic rings. The van der Waals surface area contributed by atoms with Gasteiger partial charge in [0.1, 0.15) is 12.4 Å². The highest BCUT2D eigenvalue weighted by molar-refractivity contribution is 9.10. The standard InChI is InChI=1S/C27H23BrCl2N2O5/c1-35-23-12-16(32(33)34)11-19-17-4-3-5-18(17)25(31-26(19)23)15-9-20(28)27(24(10-15)36-2)37-13-14-6-7-21(29)22(30)8-14/h3-4,6-12,17-18,25,31H,5,13H2,1-2H3/t17-,18+,25+/m0/s1. The van der Waals surface area contributed by atoms with E-state index in [1.54, 1.807) is 25.3 Å². The van der Waals surface area contributed by atoms with Crippen molar-refractivity contribution < 1.29 is 19.1 Å². The van der Waals surface area contributed by atoms with Crippen molar-refractivity contribution in [3.8, 4) is 17.2 Å². The average Bonchev–Trinajstić information content (AvgIpc) is 3.38. The van der Waals surface area contributed by atoms with Crippen LogP contribution in [0.15, 0.2) is 59.1 Å². The molecule has 0 saturated heterocycles. The molecule has 1 N–H and O–H groups in total. The maximum absolute atomic E-state index is 11.5. The van der Waals surface area contributed by atoms with Crippen molar-refractivity contribution >= 4 is 50.5 Å². The molecule has 192 valence electrons. The van der Waals surface area contributed by atoms with E-state index in [9.17, 15) is 10.1 Å². The van der Waals surface area contributed by atoms with Gasteiger partial charge in [-0.15, -0.1) is 0 Å². The number of hydrogen-bond acceptors (Lipinski definition) is 6. The van der Waals surface area contributed by atoms with Gasteiger partial charge in [0.05, 0.1) is 51.5 Å². The maximum Gasteiger partial charge on any atom is 0.273 e. The molecule has 37 heavy (non-hydrogen) atoms. The zero-order valence-corrected chi connectivity index (χ0v) is 23.1. The second-order valence-corrected chi connectivity index (χ2v) is 10.6. The Hall–Kier alpha value is -2.94. The number of fused-ring (bicyclic) bond motifs is 3. The number of nitrogens with one attached hydrogen (secondary N) is 1. The summed E-state index contributed by atoms with van der Waals surface area (Å²) in [5.74, 6) is 1.78. The summed E-state index contributed by atoms with van der Waals surface area (Å²) >= 11 is 15.8. The average molecular weight is 606 g/mol. The second-order valence-electron chi connectivity index (χ2n) is 8.92. The highest BCUT2D eigenvalue weighted by Gasteiger charge is 2.40. The minimum Gasteiger partial charge on any atom is -0.494 e. The Balaban J connectivity index is 1.48. The molecule has 3 aromatic carbocycles. The van der Waals surface area contributed by atoms with Crippen molar-refractivity contribution in [1.29, 1.82) is 0 Å². The number of benzene rings is 3. The van der Waals surface area contributed by atoms with Crippen LogP contribution in [0.4, 0.5) is 11.4 Å². The lowest BCUT2D eigenvalue weighted by molar-refractivity contribution is -0.385. The van der Waals surface area contributed by atoms with Crippen LogP contribution < -0.4 is 19.5 Å². The number of nitro groups is 1.